The van der Waals surface area contributed by atoms with Crippen LogP contribution in [-0.4, -0.2) is 24.2 Å². The highest BCUT2D eigenvalue weighted by molar-refractivity contribution is 6.28. The van der Waals surface area contributed by atoms with Gasteiger partial charge in [0.25, 0.3) is 0 Å². The summed E-state index contributed by atoms with van der Waals surface area (Å²) in [4.78, 5) is 13.9. The van der Waals surface area contributed by atoms with Crippen LogP contribution in [0.2, 0.25) is 0 Å². The molecule has 0 aromatic carbocycles. The summed E-state index contributed by atoms with van der Waals surface area (Å²) in [7, 11) is 1.00. The van der Waals surface area contributed by atoms with Crippen LogP contribution in [0.5, 0.6) is 0 Å². The second-order valence-corrected chi connectivity index (χ2v) is 1.33. The smallest absolute Gasteiger partial charge is 0.177 e. The van der Waals surface area contributed by atoms with E-state index >= 15 is 0 Å². The van der Waals surface area contributed by atoms with Crippen LogP contribution in [0.25, 0.3) is 0 Å². The number of ketones is 1. The van der Waals surface area contributed by atoms with Crippen molar-refractivity contribution in [1.82, 2.24) is 0 Å². The molecule has 3 heteroatoms. The Morgan fingerprint density at radius 2 is 2.33 bits per heavy atom. The summed E-state index contributed by atoms with van der Waals surface area (Å²) in [6, 6.07) is 0. The van der Waals surface area contributed by atoms with Gasteiger partial charge in [0.2, 0.25) is 0 Å². The first-order valence-electron chi connectivity index (χ1n) is 2.55. The summed E-state index contributed by atoms with van der Waals surface area (Å²) in [6.07, 6.45) is 5.22. The van der Waals surface area contributed by atoms with Crippen LogP contribution in [0, 0.1) is 0 Å². The van der Waals surface area contributed by atoms with Gasteiger partial charge >= 0.3 is 0 Å². The summed E-state index contributed by atoms with van der Waals surface area (Å²) < 4.78 is 0. The van der Waals surface area contributed by atoms with Crippen LogP contribution < -0.4 is 0 Å². The molecule has 0 saturated carbocycles. The molecule has 1 aliphatic heterocycles. The number of carbonyl (C=O) groups excluding carboxylic acids is 1. The third-order valence-electron chi connectivity index (χ3n) is 0.729. The maximum atomic E-state index is 10.3. The van der Waals surface area contributed by atoms with Crippen molar-refractivity contribution in [2.75, 3.05) is 7.11 Å². The van der Waals surface area contributed by atoms with E-state index in [2.05, 4.69) is 4.99 Å². The highest BCUT2D eigenvalue weighted by atomic mass is 16.2. The molecule has 9 heavy (non-hydrogen) atoms. The van der Waals surface area contributed by atoms with E-state index in [4.69, 9.17) is 5.11 Å². The van der Waals surface area contributed by atoms with Gasteiger partial charge in [-0.3, -0.25) is 9.79 Å². The summed E-state index contributed by atoms with van der Waals surface area (Å²) in [5, 5.41) is 7.00. The lowest BCUT2D eigenvalue weighted by Crippen LogP contribution is -1.98. The van der Waals surface area contributed by atoms with E-state index in [1.165, 1.54) is 6.21 Å². The van der Waals surface area contributed by atoms with Crippen LogP contribution in [0.4, 0.5) is 0 Å². The van der Waals surface area contributed by atoms with Gasteiger partial charge in [0, 0.05) is 19.7 Å². The SMILES string of the molecule is CO.O=C1C=NC=CC1. The average molecular weight is 127 g/mol. The molecule has 0 fully saturated rings. The van der Waals surface area contributed by atoms with Gasteiger partial charge in [-0.25, -0.2) is 0 Å². The number of hydrogen-bond acceptors (Lipinski definition) is 3. The highest BCUT2D eigenvalue weighted by Gasteiger charge is 1.93. The second-order valence-electron chi connectivity index (χ2n) is 1.33. The Kier molecular flexibility index (Phi) is 4.63. The zero-order valence-electron chi connectivity index (χ0n) is 5.24. The lowest BCUT2D eigenvalue weighted by molar-refractivity contribution is -0.111. The Bertz CT molecular complexity index is 138. The lowest BCUT2D eigenvalue weighted by atomic mass is 10.3. The fraction of sp³-hybridized carbons (Fsp3) is 0.333. The van der Waals surface area contributed by atoms with E-state index in [9.17, 15) is 4.79 Å². The number of aliphatic hydroxyl groups is 1. The van der Waals surface area contributed by atoms with Crippen molar-refractivity contribution in [3.63, 3.8) is 0 Å². The topological polar surface area (TPSA) is 49.7 Å². The molecular weight excluding hydrogens is 118 g/mol. The van der Waals surface area contributed by atoms with Crippen LogP contribution in [0.1, 0.15) is 6.42 Å². The molecule has 0 saturated heterocycles. The van der Waals surface area contributed by atoms with E-state index in [0.717, 1.165) is 7.11 Å². The van der Waals surface area contributed by atoms with E-state index in [1.54, 1.807) is 12.3 Å². The number of rotatable bonds is 0. The summed E-state index contributed by atoms with van der Waals surface area (Å²) in [5.41, 5.74) is 0. The number of Topliss-reactive ketones (excluding diaryl/α,β-unsaturated/α-hetero) is 1. The molecule has 50 valence electrons. The molecule has 1 aliphatic rings. The monoisotopic (exact) mass is 127 g/mol. The van der Waals surface area contributed by atoms with Crippen molar-refractivity contribution < 1.29 is 9.90 Å². The number of allylic oxidation sites excluding steroid dienone is 1. The van der Waals surface area contributed by atoms with Gasteiger partial charge in [-0.1, -0.05) is 6.08 Å². The molecule has 0 bridgehead atoms. The third-order valence-corrected chi connectivity index (χ3v) is 0.729. The first-order chi connectivity index (χ1) is 4.39. The van der Waals surface area contributed by atoms with Crippen LogP contribution in [0.3, 0.4) is 0 Å². The highest BCUT2D eigenvalue weighted by Crippen LogP contribution is 1.89. The molecule has 0 spiro atoms. The molecule has 0 unspecified atom stereocenters. The molecule has 0 radical (unpaired) electrons. The van der Waals surface area contributed by atoms with Crippen molar-refractivity contribution >= 4 is 12.0 Å². The van der Waals surface area contributed by atoms with Gasteiger partial charge < -0.3 is 5.11 Å². The van der Waals surface area contributed by atoms with Gasteiger partial charge in [0.15, 0.2) is 5.78 Å². The van der Waals surface area contributed by atoms with E-state index in [0.29, 0.717) is 6.42 Å². The van der Waals surface area contributed by atoms with Gasteiger partial charge in [0.05, 0.1) is 6.21 Å². The Hall–Kier alpha value is -0.960. The van der Waals surface area contributed by atoms with Crippen molar-refractivity contribution in [3.05, 3.63) is 12.3 Å². The average Bonchev–Trinajstić information content (AvgIpc) is 1.94. The van der Waals surface area contributed by atoms with Crippen LogP contribution in [-0.2, 0) is 4.79 Å². The maximum Gasteiger partial charge on any atom is 0.177 e. The Balaban J connectivity index is 0.000000291. The first kappa shape index (κ1) is 8.04. The minimum atomic E-state index is 0.0856. The summed E-state index contributed by atoms with van der Waals surface area (Å²) in [5.74, 6) is 0.0856. The summed E-state index contributed by atoms with van der Waals surface area (Å²) in [6.45, 7) is 0. The summed E-state index contributed by atoms with van der Waals surface area (Å²) >= 11 is 0. The number of aliphatic imine (C=N–C) groups is 1. The number of carbonyl (C=O) groups is 1. The maximum absolute atomic E-state index is 10.3. The molecule has 3 nitrogen and oxygen atoms in total. The van der Waals surface area contributed by atoms with Crippen molar-refractivity contribution in [1.29, 1.82) is 0 Å². The van der Waals surface area contributed by atoms with Crippen LogP contribution >= 0.6 is 0 Å². The van der Waals surface area contributed by atoms with E-state index in [-0.39, 0.29) is 5.78 Å². The first-order valence-corrected chi connectivity index (χ1v) is 2.55. The predicted octanol–water partition coefficient (Wildman–Crippen LogP) is 0.152. The fourth-order valence-electron chi connectivity index (χ4n) is 0.409. The van der Waals surface area contributed by atoms with Crippen molar-refractivity contribution in [2.45, 2.75) is 6.42 Å². The number of hydrogen-bond donors (Lipinski definition) is 1. The number of nitrogens with zero attached hydrogens (tertiary/aromatic N) is 1. The molecule has 1 N–H and O–H groups in total. The van der Waals surface area contributed by atoms with Crippen molar-refractivity contribution in [2.24, 2.45) is 4.99 Å². The molecule has 0 aliphatic carbocycles. The molecule has 0 aromatic heterocycles. The Morgan fingerprint density at radius 3 is 2.56 bits per heavy atom. The second kappa shape index (κ2) is 5.18. The van der Waals surface area contributed by atoms with E-state index in [1.807, 2.05) is 0 Å². The number of aliphatic hydroxyl groups excluding tert-OH is 1. The standard InChI is InChI=1S/C5H5NO.CH4O/c7-5-2-1-3-6-4-5;1-2/h1,3-4H,2H2;2H,1H3. The van der Waals surface area contributed by atoms with Gasteiger partial charge in [-0.15, -0.1) is 0 Å². The largest absolute Gasteiger partial charge is 0.400 e. The Labute approximate surface area is 53.7 Å². The van der Waals surface area contributed by atoms with Crippen LogP contribution in [0.15, 0.2) is 17.3 Å². The molecule has 1 rings (SSSR count). The van der Waals surface area contributed by atoms with Gasteiger partial charge in [-0.2, -0.15) is 0 Å². The van der Waals surface area contributed by atoms with Crippen molar-refractivity contribution in [3.8, 4) is 0 Å². The molecule has 1 heterocycles. The van der Waals surface area contributed by atoms with Gasteiger partial charge in [-0.05, 0) is 0 Å². The fourth-order valence-corrected chi connectivity index (χ4v) is 0.409. The lowest BCUT2D eigenvalue weighted by Gasteiger charge is -1.88. The third kappa shape index (κ3) is 3.61. The zero-order valence-corrected chi connectivity index (χ0v) is 5.24. The molecule has 0 amide bonds. The quantitative estimate of drug-likeness (QED) is 0.503. The zero-order chi connectivity index (χ0) is 7.11. The Morgan fingerprint density at radius 1 is 1.67 bits per heavy atom. The molecule has 0 atom stereocenters. The van der Waals surface area contributed by atoms with Gasteiger partial charge in [0.1, 0.15) is 0 Å². The molecular formula is C6H9NO2. The van der Waals surface area contributed by atoms with E-state index < -0.39 is 0 Å². The minimum absolute atomic E-state index is 0.0856. The normalized spacial score (nSPS) is 14.7. The predicted molar refractivity (Wildman–Crippen MR) is 35.4 cm³/mol. The minimum Gasteiger partial charge on any atom is -0.400 e. The molecule has 0 aromatic rings.